The number of aryl methyl sites for hydroxylation is 1. The summed E-state index contributed by atoms with van der Waals surface area (Å²) in [5.41, 5.74) is 1.14. The maximum atomic E-state index is 12.8. The third kappa shape index (κ3) is 4.39. The third-order valence-electron chi connectivity index (χ3n) is 5.20. The Hall–Kier alpha value is -3.78. The molecule has 4 aromatic rings. The van der Waals surface area contributed by atoms with Crippen LogP contribution in [0.2, 0.25) is 0 Å². The number of hydrogen-bond donors (Lipinski definition) is 2. The molecule has 0 aliphatic rings. The molecule has 2 N–H and O–H groups in total. The Labute approximate surface area is 178 Å². The van der Waals surface area contributed by atoms with E-state index in [9.17, 15) is 14.4 Å². The lowest BCUT2D eigenvalue weighted by molar-refractivity contribution is 0.0972. The average molecular weight is 417 g/mol. The highest BCUT2D eigenvalue weighted by Crippen LogP contribution is 2.13. The van der Waals surface area contributed by atoms with Crippen molar-refractivity contribution in [2.75, 3.05) is 6.54 Å². The number of aromatic nitrogens is 4. The van der Waals surface area contributed by atoms with Crippen molar-refractivity contribution in [1.29, 1.82) is 0 Å². The number of ketones is 1. The summed E-state index contributed by atoms with van der Waals surface area (Å²) in [4.78, 5) is 44.2. The van der Waals surface area contributed by atoms with Gasteiger partial charge in [-0.15, -0.1) is 0 Å². The summed E-state index contributed by atoms with van der Waals surface area (Å²) in [5, 5.41) is 3.32. The molecule has 4 rings (SSSR count). The van der Waals surface area contributed by atoms with E-state index in [1.807, 2.05) is 24.3 Å². The van der Waals surface area contributed by atoms with Gasteiger partial charge in [-0.3, -0.25) is 19.1 Å². The molecule has 0 saturated carbocycles. The second-order valence-corrected chi connectivity index (χ2v) is 7.31. The molecule has 0 fully saturated rings. The second-order valence-electron chi connectivity index (χ2n) is 7.31. The number of nitrogens with zero attached hydrogens (tertiary/aromatic N) is 3. The van der Waals surface area contributed by atoms with E-state index in [1.165, 1.54) is 10.1 Å². The predicted octanol–water partition coefficient (Wildman–Crippen LogP) is 1.64. The number of nitrogens with one attached hydrogen (secondary N) is 2. The maximum absolute atomic E-state index is 12.8. The van der Waals surface area contributed by atoms with E-state index in [1.54, 1.807) is 35.9 Å². The van der Waals surface area contributed by atoms with Crippen molar-refractivity contribution in [3.63, 3.8) is 0 Å². The summed E-state index contributed by atoms with van der Waals surface area (Å²) in [6.45, 7) is 1.02. The molecule has 0 spiro atoms. The van der Waals surface area contributed by atoms with Crippen LogP contribution in [-0.2, 0) is 26.6 Å². The highest BCUT2D eigenvalue weighted by atomic mass is 16.2. The first kappa shape index (κ1) is 20.5. The Kier molecular flexibility index (Phi) is 5.90. The minimum atomic E-state index is -0.554. The highest BCUT2D eigenvalue weighted by molar-refractivity contribution is 5.96. The zero-order valence-electron chi connectivity index (χ0n) is 17.2. The molecule has 0 atom stereocenters. The molecular formula is C23H23N5O3. The van der Waals surface area contributed by atoms with Crippen LogP contribution in [0.5, 0.6) is 0 Å². The predicted molar refractivity (Wildman–Crippen MR) is 118 cm³/mol. The first-order valence-corrected chi connectivity index (χ1v) is 10.1. The van der Waals surface area contributed by atoms with E-state index in [0.717, 1.165) is 6.42 Å². The summed E-state index contributed by atoms with van der Waals surface area (Å²) < 4.78 is 2.88. The number of fused-ring (bicyclic) bond motifs is 1. The van der Waals surface area contributed by atoms with Crippen LogP contribution in [0.15, 0.2) is 70.3 Å². The van der Waals surface area contributed by atoms with E-state index < -0.39 is 11.2 Å². The van der Waals surface area contributed by atoms with E-state index in [0.29, 0.717) is 24.5 Å². The molecule has 0 saturated heterocycles. The number of H-pyrrole nitrogens is 1. The molecule has 2 aromatic carbocycles. The highest BCUT2D eigenvalue weighted by Gasteiger charge is 2.19. The first-order valence-electron chi connectivity index (χ1n) is 10.1. The van der Waals surface area contributed by atoms with E-state index in [4.69, 9.17) is 0 Å². The molecule has 0 bridgehead atoms. The van der Waals surface area contributed by atoms with Crippen LogP contribution in [-0.4, -0.2) is 31.4 Å². The van der Waals surface area contributed by atoms with Crippen LogP contribution in [0.3, 0.4) is 0 Å². The van der Waals surface area contributed by atoms with Gasteiger partial charge in [0.25, 0.3) is 5.56 Å². The summed E-state index contributed by atoms with van der Waals surface area (Å²) in [6, 6.07) is 19.0. The standard InChI is InChI=1S/C23H23N5O3/c1-27-21-20(22(30)26-23(27)31)28(15-18(29)17-10-6-3-7-11-17)19(25-21)14-24-13-12-16-8-4-2-5-9-16/h2-11,24H,12-15H2,1H3,(H,26,30,31). The Bertz CT molecular complexity index is 1320. The lowest BCUT2D eigenvalue weighted by atomic mass is 10.1. The van der Waals surface area contributed by atoms with Crippen molar-refractivity contribution >= 4 is 16.9 Å². The van der Waals surface area contributed by atoms with Gasteiger partial charge < -0.3 is 9.88 Å². The average Bonchev–Trinajstić information content (AvgIpc) is 3.15. The van der Waals surface area contributed by atoms with E-state index in [2.05, 4.69) is 27.4 Å². The summed E-state index contributed by atoms with van der Waals surface area (Å²) in [6.07, 6.45) is 0.836. The van der Waals surface area contributed by atoms with E-state index in [-0.39, 0.29) is 23.5 Å². The van der Waals surface area contributed by atoms with E-state index >= 15 is 0 Å². The van der Waals surface area contributed by atoms with Crippen LogP contribution < -0.4 is 16.6 Å². The normalized spacial score (nSPS) is 11.1. The van der Waals surface area contributed by atoms with Gasteiger partial charge in [0.15, 0.2) is 16.9 Å². The maximum Gasteiger partial charge on any atom is 0.329 e. The van der Waals surface area contributed by atoms with Gasteiger partial charge in [0.2, 0.25) is 0 Å². The molecule has 8 nitrogen and oxygen atoms in total. The second kappa shape index (κ2) is 8.93. The van der Waals surface area contributed by atoms with Gasteiger partial charge >= 0.3 is 5.69 Å². The van der Waals surface area contributed by atoms with Gasteiger partial charge in [0.05, 0.1) is 13.1 Å². The zero-order valence-corrected chi connectivity index (χ0v) is 17.2. The molecule has 2 aromatic heterocycles. The largest absolute Gasteiger partial charge is 0.329 e. The molecule has 2 heterocycles. The molecular weight excluding hydrogens is 394 g/mol. The Morgan fingerprint density at radius 1 is 1.03 bits per heavy atom. The number of imidazole rings is 1. The van der Waals surface area contributed by atoms with Crippen LogP contribution in [0.4, 0.5) is 0 Å². The topological polar surface area (TPSA) is 102 Å². The zero-order chi connectivity index (χ0) is 21.8. The fourth-order valence-corrected chi connectivity index (χ4v) is 3.52. The molecule has 0 unspecified atom stereocenters. The van der Waals surface area contributed by atoms with Crippen molar-refractivity contribution in [1.82, 2.24) is 24.4 Å². The Morgan fingerprint density at radius 2 is 1.71 bits per heavy atom. The summed E-state index contributed by atoms with van der Waals surface area (Å²) in [5.74, 6) is 0.387. The lowest BCUT2D eigenvalue weighted by Crippen LogP contribution is -2.29. The number of rotatable bonds is 8. The SMILES string of the molecule is Cn1c(=O)[nH]c(=O)c2c1nc(CNCCc1ccccc1)n2CC(=O)c1ccccc1. The minimum absolute atomic E-state index is 0.0442. The number of Topliss-reactive ketones (excluding diaryl/α,β-unsaturated/α-hetero) is 1. The van der Waals surface area contributed by atoms with Gasteiger partial charge in [-0.2, -0.15) is 0 Å². The van der Waals surface area contributed by atoms with Crippen molar-refractivity contribution in [2.24, 2.45) is 7.05 Å². The quantitative estimate of drug-likeness (QED) is 0.335. The van der Waals surface area contributed by atoms with Crippen LogP contribution in [0, 0.1) is 0 Å². The number of carbonyl (C=O) groups excluding carboxylic acids is 1. The molecule has 0 amide bonds. The van der Waals surface area contributed by atoms with Gasteiger partial charge in [-0.05, 0) is 18.5 Å². The van der Waals surface area contributed by atoms with Crippen molar-refractivity contribution in [2.45, 2.75) is 19.5 Å². The summed E-state index contributed by atoms with van der Waals surface area (Å²) >= 11 is 0. The van der Waals surface area contributed by atoms with Crippen molar-refractivity contribution in [3.8, 4) is 0 Å². The molecule has 158 valence electrons. The molecule has 0 aliphatic carbocycles. The first-order chi connectivity index (χ1) is 15.0. The van der Waals surface area contributed by atoms with Crippen molar-refractivity contribution in [3.05, 3.63) is 98.5 Å². The molecule has 8 heteroatoms. The van der Waals surface area contributed by atoms with Crippen LogP contribution >= 0.6 is 0 Å². The minimum Gasteiger partial charge on any atom is -0.313 e. The smallest absolute Gasteiger partial charge is 0.313 e. The monoisotopic (exact) mass is 417 g/mol. The Balaban J connectivity index is 1.63. The van der Waals surface area contributed by atoms with Gasteiger partial charge in [0.1, 0.15) is 5.82 Å². The number of hydrogen-bond acceptors (Lipinski definition) is 5. The summed E-state index contributed by atoms with van der Waals surface area (Å²) in [7, 11) is 1.55. The molecule has 0 radical (unpaired) electrons. The third-order valence-corrected chi connectivity index (χ3v) is 5.20. The number of aromatic amines is 1. The number of benzene rings is 2. The molecule has 31 heavy (non-hydrogen) atoms. The van der Waals surface area contributed by atoms with Gasteiger partial charge in [-0.1, -0.05) is 60.7 Å². The lowest BCUT2D eigenvalue weighted by Gasteiger charge is -2.09. The van der Waals surface area contributed by atoms with Gasteiger partial charge in [0, 0.05) is 12.6 Å². The van der Waals surface area contributed by atoms with Crippen LogP contribution in [0.25, 0.3) is 11.2 Å². The Morgan fingerprint density at radius 3 is 2.42 bits per heavy atom. The molecule has 0 aliphatic heterocycles. The van der Waals surface area contributed by atoms with Gasteiger partial charge in [-0.25, -0.2) is 9.78 Å². The fraction of sp³-hybridized carbons (Fsp3) is 0.217. The number of carbonyl (C=O) groups is 1. The van der Waals surface area contributed by atoms with Crippen LogP contribution in [0.1, 0.15) is 21.7 Å². The fourth-order valence-electron chi connectivity index (χ4n) is 3.52. The van der Waals surface area contributed by atoms with Crippen molar-refractivity contribution < 1.29 is 4.79 Å².